The summed E-state index contributed by atoms with van der Waals surface area (Å²) >= 11 is 0. The highest BCUT2D eigenvalue weighted by Gasteiger charge is 2.11. The van der Waals surface area contributed by atoms with E-state index in [2.05, 4.69) is 12.1 Å². The van der Waals surface area contributed by atoms with Crippen molar-refractivity contribution in [1.29, 1.82) is 0 Å². The first-order valence-corrected chi connectivity index (χ1v) is 6.38. The average Bonchev–Trinajstić information content (AvgIpc) is 2.30. The molecule has 0 aliphatic heterocycles. The first-order chi connectivity index (χ1) is 8.40. The van der Waals surface area contributed by atoms with Crippen LogP contribution < -0.4 is 0 Å². The predicted molar refractivity (Wildman–Crippen MR) is 73.6 cm³/mol. The van der Waals surface area contributed by atoms with Gasteiger partial charge in [0.05, 0.1) is 12.5 Å². The molecule has 0 saturated heterocycles. The monoisotopic (exact) mass is 249 g/mol. The molecule has 1 amide bonds. The summed E-state index contributed by atoms with van der Waals surface area (Å²) in [5, 5.41) is 9.22. The number of carbonyl (C=O) groups excluding carboxylic acids is 1. The van der Waals surface area contributed by atoms with Crippen LogP contribution >= 0.6 is 0 Å². The molecular formula is C15H23NO2. The van der Waals surface area contributed by atoms with E-state index in [1.165, 1.54) is 5.56 Å². The second kappa shape index (κ2) is 6.55. The highest BCUT2D eigenvalue weighted by Crippen LogP contribution is 2.12. The molecule has 1 rings (SSSR count). The smallest absolute Gasteiger partial charge is 0.226 e. The number of likely N-dealkylation sites (N-methyl/N-ethyl adjacent to an activating group) is 1. The first kappa shape index (κ1) is 14.7. The van der Waals surface area contributed by atoms with Crippen molar-refractivity contribution in [3.8, 4) is 0 Å². The van der Waals surface area contributed by atoms with E-state index in [9.17, 15) is 9.90 Å². The van der Waals surface area contributed by atoms with Crippen LogP contribution in [0.2, 0.25) is 0 Å². The van der Waals surface area contributed by atoms with E-state index in [1.54, 1.807) is 18.9 Å². The number of nitrogens with zero attached hydrogens (tertiary/aromatic N) is 1. The van der Waals surface area contributed by atoms with Gasteiger partial charge < -0.3 is 10.0 Å². The van der Waals surface area contributed by atoms with E-state index in [0.717, 1.165) is 11.1 Å². The number of hydrogen-bond donors (Lipinski definition) is 1. The van der Waals surface area contributed by atoms with Gasteiger partial charge in [0.15, 0.2) is 0 Å². The van der Waals surface area contributed by atoms with Gasteiger partial charge in [-0.15, -0.1) is 0 Å². The Morgan fingerprint density at radius 2 is 2.06 bits per heavy atom. The van der Waals surface area contributed by atoms with Crippen LogP contribution in [0.1, 0.15) is 30.0 Å². The number of aliphatic hydroxyl groups is 1. The Morgan fingerprint density at radius 1 is 1.39 bits per heavy atom. The van der Waals surface area contributed by atoms with Crippen LogP contribution in [0.5, 0.6) is 0 Å². The molecule has 0 fully saturated rings. The summed E-state index contributed by atoms with van der Waals surface area (Å²) in [7, 11) is 1.79. The van der Waals surface area contributed by atoms with Crippen molar-refractivity contribution in [2.75, 3.05) is 13.6 Å². The summed E-state index contributed by atoms with van der Waals surface area (Å²) in [6.45, 7) is 6.40. The van der Waals surface area contributed by atoms with Gasteiger partial charge in [-0.2, -0.15) is 0 Å². The molecule has 0 radical (unpaired) electrons. The molecule has 0 aliphatic carbocycles. The molecule has 0 aliphatic rings. The van der Waals surface area contributed by atoms with Gasteiger partial charge >= 0.3 is 0 Å². The van der Waals surface area contributed by atoms with Crippen LogP contribution in [0.15, 0.2) is 18.2 Å². The van der Waals surface area contributed by atoms with Crippen LogP contribution in [0.3, 0.4) is 0 Å². The summed E-state index contributed by atoms with van der Waals surface area (Å²) in [6.07, 6.45) is 0.694. The van der Waals surface area contributed by atoms with Crippen LogP contribution in [0.4, 0.5) is 0 Å². The Kier molecular flexibility index (Phi) is 5.35. The van der Waals surface area contributed by atoms with E-state index in [1.807, 2.05) is 19.9 Å². The molecule has 0 aromatic heterocycles. The highest BCUT2D eigenvalue weighted by atomic mass is 16.3. The Hall–Kier alpha value is -1.35. The molecule has 0 spiro atoms. The second-order valence-corrected chi connectivity index (χ2v) is 5.06. The van der Waals surface area contributed by atoms with Gasteiger partial charge in [-0.1, -0.05) is 23.8 Å². The molecule has 1 aromatic carbocycles. The van der Waals surface area contributed by atoms with Crippen molar-refractivity contribution < 1.29 is 9.90 Å². The van der Waals surface area contributed by atoms with Crippen molar-refractivity contribution in [3.63, 3.8) is 0 Å². The lowest BCUT2D eigenvalue weighted by Gasteiger charge is -2.18. The topological polar surface area (TPSA) is 40.5 Å². The van der Waals surface area contributed by atoms with Crippen LogP contribution in [0.25, 0.3) is 0 Å². The van der Waals surface area contributed by atoms with Crippen molar-refractivity contribution in [2.24, 2.45) is 0 Å². The molecule has 0 bridgehead atoms. The fraction of sp³-hybridized carbons (Fsp3) is 0.533. The number of benzene rings is 1. The molecule has 3 nitrogen and oxygen atoms in total. The third kappa shape index (κ3) is 4.49. The first-order valence-electron chi connectivity index (χ1n) is 6.38. The largest absolute Gasteiger partial charge is 0.393 e. The maximum Gasteiger partial charge on any atom is 0.226 e. The number of hydrogen-bond acceptors (Lipinski definition) is 2. The van der Waals surface area contributed by atoms with Crippen LogP contribution in [0, 0.1) is 13.8 Å². The highest BCUT2D eigenvalue weighted by molar-refractivity contribution is 5.78. The lowest BCUT2D eigenvalue weighted by Crippen LogP contribution is -2.30. The summed E-state index contributed by atoms with van der Waals surface area (Å²) in [5.41, 5.74) is 3.41. The molecule has 3 heteroatoms. The molecule has 0 saturated carbocycles. The average molecular weight is 249 g/mol. The van der Waals surface area contributed by atoms with E-state index in [4.69, 9.17) is 0 Å². The molecule has 1 aromatic rings. The summed E-state index contributed by atoms with van der Waals surface area (Å²) in [4.78, 5) is 13.7. The number of rotatable bonds is 5. The Balaban J connectivity index is 2.61. The minimum absolute atomic E-state index is 0.101. The maximum atomic E-state index is 12.0. The number of aliphatic hydroxyl groups excluding tert-OH is 1. The third-order valence-corrected chi connectivity index (χ3v) is 3.15. The maximum absolute atomic E-state index is 12.0. The third-order valence-electron chi connectivity index (χ3n) is 3.15. The van der Waals surface area contributed by atoms with Crippen molar-refractivity contribution in [1.82, 2.24) is 4.90 Å². The fourth-order valence-electron chi connectivity index (χ4n) is 1.79. The van der Waals surface area contributed by atoms with Gasteiger partial charge in [0.1, 0.15) is 0 Å². The van der Waals surface area contributed by atoms with Gasteiger partial charge in [0, 0.05) is 13.6 Å². The summed E-state index contributed by atoms with van der Waals surface area (Å²) < 4.78 is 0. The number of carbonyl (C=O) groups is 1. The lowest BCUT2D eigenvalue weighted by atomic mass is 10.0. The zero-order chi connectivity index (χ0) is 13.7. The zero-order valence-corrected chi connectivity index (χ0v) is 11.7. The SMILES string of the molecule is Cc1ccc(C)c(CC(=O)N(C)CCC(C)O)c1. The van der Waals surface area contributed by atoms with Crippen molar-refractivity contribution >= 4 is 5.91 Å². The minimum Gasteiger partial charge on any atom is -0.393 e. The van der Waals surface area contributed by atoms with Gasteiger partial charge in [-0.05, 0) is 38.3 Å². The van der Waals surface area contributed by atoms with Gasteiger partial charge in [0.25, 0.3) is 0 Å². The fourth-order valence-corrected chi connectivity index (χ4v) is 1.79. The molecule has 1 atom stereocenters. The van der Waals surface area contributed by atoms with Gasteiger partial charge in [0.2, 0.25) is 5.91 Å². The summed E-state index contributed by atoms with van der Waals surface area (Å²) in [6, 6.07) is 6.17. The normalized spacial score (nSPS) is 12.3. The molecule has 18 heavy (non-hydrogen) atoms. The Morgan fingerprint density at radius 3 is 2.67 bits per heavy atom. The Labute approximate surface area is 109 Å². The van der Waals surface area contributed by atoms with Crippen LogP contribution in [-0.2, 0) is 11.2 Å². The Bertz CT molecular complexity index is 413. The van der Waals surface area contributed by atoms with Crippen molar-refractivity contribution in [3.05, 3.63) is 34.9 Å². The number of amides is 1. The quantitative estimate of drug-likeness (QED) is 0.868. The van der Waals surface area contributed by atoms with E-state index in [0.29, 0.717) is 19.4 Å². The standard InChI is InChI=1S/C15H23NO2/c1-11-5-6-12(2)14(9-11)10-15(18)16(4)8-7-13(3)17/h5-6,9,13,17H,7-8,10H2,1-4H3. The number of aryl methyl sites for hydroxylation is 2. The molecular weight excluding hydrogens is 226 g/mol. The molecule has 1 N–H and O–H groups in total. The second-order valence-electron chi connectivity index (χ2n) is 5.06. The minimum atomic E-state index is -0.360. The van der Waals surface area contributed by atoms with Crippen molar-refractivity contribution in [2.45, 2.75) is 39.7 Å². The molecule has 1 unspecified atom stereocenters. The zero-order valence-electron chi connectivity index (χ0n) is 11.7. The lowest BCUT2D eigenvalue weighted by molar-refractivity contribution is -0.129. The van der Waals surface area contributed by atoms with Crippen LogP contribution in [-0.4, -0.2) is 35.6 Å². The van der Waals surface area contributed by atoms with E-state index < -0.39 is 0 Å². The molecule has 0 heterocycles. The molecule has 100 valence electrons. The predicted octanol–water partition coefficient (Wildman–Crippen LogP) is 2.08. The summed E-state index contributed by atoms with van der Waals surface area (Å²) in [5.74, 6) is 0.101. The van der Waals surface area contributed by atoms with E-state index in [-0.39, 0.29) is 12.0 Å². The van der Waals surface area contributed by atoms with E-state index >= 15 is 0 Å². The van der Waals surface area contributed by atoms with Gasteiger partial charge in [-0.25, -0.2) is 0 Å². The van der Waals surface area contributed by atoms with Gasteiger partial charge in [-0.3, -0.25) is 4.79 Å².